The predicted octanol–water partition coefficient (Wildman–Crippen LogP) is 4.84. The van der Waals surface area contributed by atoms with Crippen LogP contribution in [0.15, 0.2) is 36.0 Å². The zero-order valence-corrected chi connectivity index (χ0v) is 27.8. The zero-order valence-electron chi connectivity index (χ0n) is 27.8. The van der Waals surface area contributed by atoms with E-state index in [1.54, 1.807) is 0 Å². The first-order chi connectivity index (χ1) is 25.8. The smallest absolute Gasteiger partial charge is 0.384 e. The van der Waals surface area contributed by atoms with Crippen molar-refractivity contribution < 1.29 is 62.3 Å². The second-order valence-electron chi connectivity index (χ2n) is 12.6. The van der Waals surface area contributed by atoms with E-state index in [1.807, 2.05) is 0 Å². The number of rotatable bonds is 9. The molecular formula is C32H25F12N9O2. The van der Waals surface area contributed by atoms with Crippen molar-refractivity contribution in [3.05, 3.63) is 105 Å². The summed E-state index contributed by atoms with van der Waals surface area (Å²) in [5.74, 6) is -13.3. The Morgan fingerprint density at radius 1 is 0.655 bits per heavy atom. The van der Waals surface area contributed by atoms with Gasteiger partial charge in [-0.3, -0.25) is 9.59 Å². The van der Waals surface area contributed by atoms with E-state index < -0.39 is 127 Å². The van der Waals surface area contributed by atoms with Crippen LogP contribution in [-0.2, 0) is 61.0 Å². The fraction of sp³-hybridized carbons (Fsp3) is 0.375. The Morgan fingerprint density at radius 3 is 1.67 bits per heavy atom. The zero-order chi connectivity index (χ0) is 40.0. The van der Waals surface area contributed by atoms with Gasteiger partial charge in [0.2, 0.25) is 23.5 Å². The van der Waals surface area contributed by atoms with Gasteiger partial charge in [0, 0.05) is 69.0 Å². The summed E-state index contributed by atoms with van der Waals surface area (Å²) < 4.78 is 167. The Morgan fingerprint density at radius 2 is 1.13 bits per heavy atom. The molecule has 23 heteroatoms. The van der Waals surface area contributed by atoms with Crippen LogP contribution in [0.3, 0.4) is 0 Å². The molecule has 2 aliphatic rings. The van der Waals surface area contributed by atoms with Gasteiger partial charge in [0.1, 0.15) is 11.6 Å². The summed E-state index contributed by atoms with van der Waals surface area (Å²) in [5, 5.41) is 16.0. The van der Waals surface area contributed by atoms with Crippen molar-refractivity contribution in [1.29, 1.82) is 0 Å². The number of carbonyl (C=O) groups excluding carboxylic acids is 2. The average molecular weight is 796 g/mol. The molecule has 6 rings (SSSR count). The molecule has 1 N–H and O–H groups in total. The summed E-state index contributed by atoms with van der Waals surface area (Å²) in [4.78, 5) is 29.2. The van der Waals surface area contributed by atoms with Gasteiger partial charge in [0.05, 0.1) is 13.1 Å². The first-order valence-corrected chi connectivity index (χ1v) is 16.1. The van der Waals surface area contributed by atoms with E-state index in [1.165, 1.54) is 0 Å². The topological polar surface area (TPSA) is 114 Å². The third kappa shape index (κ3) is 8.53. The standard InChI is InChI=1S/C32H25F12N9O2/c33-19-11-23(37)21(35)7-15(19)5-17(9-27(54)50-1-3-52-25(13-50)46-48-29(52)31(39,40)41)45-18(6-16-8-22(36)24(38)12-20(16)34)10-28(55)51-2-4-53-26(14-51)47-49-30(53)32(42,43)44/h7-9,11-12,18,45H,1-6,10,13-14H2/b17-9+. The second kappa shape index (κ2) is 14.9. The molecule has 0 spiro atoms. The largest absolute Gasteiger partial charge is 0.451 e. The van der Waals surface area contributed by atoms with E-state index in [-0.39, 0.29) is 49.1 Å². The lowest BCUT2D eigenvalue weighted by Gasteiger charge is -2.31. The number of amides is 2. The number of nitrogens with one attached hydrogen (secondary N) is 1. The Balaban J connectivity index is 1.31. The number of benzene rings is 2. The molecule has 2 aromatic carbocycles. The Hall–Kier alpha value is -5.64. The molecule has 1 unspecified atom stereocenters. The minimum atomic E-state index is -4.85. The SMILES string of the molecule is O=C(/C=C(\Cc1cc(F)c(F)cc1F)NC(CC(=O)N1CCn2c(nnc2C(F)(F)F)C1)Cc1cc(F)c(F)cc1F)N1CCn2c(nnc2C(F)(F)F)C1. The number of halogens is 12. The summed E-state index contributed by atoms with van der Waals surface area (Å²) in [7, 11) is 0. The summed E-state index contributed by atoms with van der Waals surface area (Å²) >= 11 is 0. The van der Waals surface area contributed by atoms with Crippen LogP contribution < -0.4 is 5.32 Å². The molecular weight excluding hydrogens is 770 g/mol. The van der Waals surface area contributed by atoms with Gasteiger partial charge < -0.3 is 24.3 Å². The van der Waals surface area contributed by atoms with Crippen molar-refractivity contribution in [3.8, 4) is 0 Å². The number of hydrogen-bond acceptors (Lipinski definition) is 7. The maximum atomic E-state index is 14.9. The van der Waals surface area contributed by atoms with E-state index in [2.05, 4.69) is 25.7 Å². The molecule has 0 bridgehead atoms. The third-order valence-electron chi connectivity index (χ3n) is 8.81. The third-order valence-corrected chi connectivity index (χ3v) is 8.81. The molecule has 0 saturated carbocycles. The molecule has 294 valence electrons. The molecule has 2 aromatic heterocycles. The lowest BCUT2D eigenvalue weighted by atomic mass is 9.99. The number of allylic oxidation sites excluding steroid dienone is 1. The van der Waals surface area contributed by atoms with Crippen molar-refractivity contribution in [2.45, 2.75) is 63.8 Å². The highest BCUT2D eigenvalue weighted by molar-refractivity contribution is 5.88. The summed E-state index contributed by atoms with van der Waals surface area (Å²) in [6.07, 6.45) is -10.9. The molecule has 0 fully saturated rings. The van der Waals surface area contributed by atoms with Crippen LogP contribution in [-0.4, -0.2) is 70.3 Å². The molecule has 0 radical (unpaired) electrons. The minimum Gasteiger partial charge on any atom is -0.384 e. The quantitative estimate of drug-likeness (QED) is 0.147. The average Bonchev–Trinajstić information content (AvgIpc) is 3.74. The molecule has 11 nitrogen and oxygen atoms in total. The molecule has 2 aliphatic heterocycles. The first kappa shape index (κ1) is 39.1. The molecule has 1 atom stereocenters. The maximum absolute atomic E-state index is 14.9. The van der Waals surface area contributed by atoms with Crippen molar-refractivity contribution in [3.63, 3.8) is 0 Å². The summed E-state index contributed by atoms with van der Waals surface area (Å²) in [5.41, 5.74) is -1.34. The Bertz CT molecular complexity index is 2160. The number of carbonyl (C=O) groups is 2. The van der Waals surface area contributed by atoms with Crippen LogP contribution >= 0.6 is 0 Å². The first-order valence-electron chi connectivity index (χ1n) is 16.1. The molecule has 0 saturated heterocycles. The lowest BCUT2D eigenvalue weighted by Crippen LogP contribution is -2.43. The number of fused-ring (bicyclic) bond motifs is 2. The number of nitrogens with zero attached hydrogens (tertiary/aromatic N) is 8. The van der Waals surface area contributed by atoms with Gasteiger partial charge in [0.25, 0.3) is 0 Å². The predicted molar refractivity (Wildman–Crippen MR) is 161 cm³/mol. The normalized spacial score (nSPS) is 15.5. The van der Waals surface area contributed by atoms with Crippen molar-refractivity contribution >= 4 is 11.8 Å². The van der Waals surface area contributed by atoms with Crippen LogP contribution in [0.2, 0.25) is 0 Å². The van der Waals surface area contributed by atoms with Crippen LogP contribution in [0.4, 0.5) is 52.7 Å². The fourth-order valence-electron chi connectivity index (χ4n) is 6.19. The van der Waals surface area contributed by atoms with E-state index >= 15 is 0 Å². The molecule has 4 aromatic rings. The summed E-state index contributed by atoms with van der Waals surface area (Å²) in [6, 6.07) is 0.0328. The van der Waals surface area contributed by atoms with E-state index in [0.717, 1.165) is 25.0 Å². The van der Waals surface area contributed by atoms with Crippen LogP contribution in [0.5, 0.6) is 0 Å². The van der Waals surface area contributed by atoms with Crippen molar-refractivity contribution in [1.82, 2.24) is 44.6 Å². The van der Waals surface area contributed by atoms with E-state index in [9.17, 15) is 62.3 Å². The highest BCUT2D eigenvalue weighted by Gasteiger charge is 2.41. The van der Waals surface area contributed by atoms with Gasteiger partial charge in [-0.15, -0.1) is 20.4 Å². The van der Waals surface area contributed by atoms with Gasteiger partial charge in [-0.2, -0.15) is 26.3 Å². The highest BCUT2D eigenvalue weighted by Crippen LogP contribution is 2.31. The molecule has 4 heterocycles. The van der Waals surface area contributed by atoms with Gasteiger partial charge >= 0.3 is 12.4 Å². The van der Waals surface area contributed by atoms with Crippen LogP contribution in [0.25, 0.3) is 0 Å². The van der Waals surface area contributed by atoms with E-state index in [4.69, 9.17) is 0 Å². The highest BCUT2D eigenvalue weighted by atomic mass is 19.4. The number of aromatic nitrogens is 6. The Kier molecular flexibility index (Phi) is 10.6. The summed E-state index contributed by atoms with van der Waals surface area (Å²) in [6.45, 7) is -2.29. The molecule has 0 aliphatic carbocycles. The van der Waals surface area contributed by atoms with Crippen LogP contribution in [0, 0.1) is 34.9 Å². The second-order valence-corrected chi connectivity index (χ2v) is 12.6. The Labute approximate surface area is 301 Å². The van der Waals surface area contributed by atoms with E-state index in [0.29, 0.717) is 12.1 Å². The van der Waals surface area contributed by atoms with Crippen molar-refractivity contribution in [2.24, 2.45) is 0 Å². The molecule has 55 heavy (non-hydrogen) atoms. The van der Waals surface area contributed by atoms with Crippen LogP contribution in [0.1, 0.15) is 40.8 Å². The van der Waals surface area contributed by atoms with Crippen molar-refractivity contribution in [2.75, 3.05) is 13.1 Å². The van der Waals surface area contributed by atoms with Gasteiger partial charge in [0.15, 0.2) is 34.9 Å². The number of hydrogen-bond donors (Lipinski definition) is 1. The fourth-order valence-corrected chi connectivity index (χ4v) is 6.19. The van der Waals surface area contributed by atoms with Gasteiger partial charge in [-0.1, -0.05) is 0 Å². The maximum Gasteiger partial charge on any atom is 0.451 e. The minimum absolute atomic E-state index is 0.219. The monoisotopic (exact) mass is 795 g/mol. The van der Waals surface area contributed by atoms with Gasteiger partial charge in [-0.25, -0.2) is 26.3 Å². The molecule has 2 amide bonds. The number of alkyl halides is 6. The lowest BCUT2D eigenvalue weighted by molar-refractivity contribution is -0.149. The van der Waals surface area contributed by atoms with Gasteiger partial charge in [-0.05, 0) is 29.7 Å².